The second-order valence-corrected chi connectivity index (χ2v) is 9.74. The van der Waals surface area contributed by atoms with E-state index in [0.717, 1.165) is 20.5 Å². The first-order valence-corrected chi connectivity index (χ1v) is 12.9. The van der Waals surface area contributed by atoms with E-state index in [9.17, 15) is 9.59 Å². The fourth-order valence-corrected chi connectivity index (χ4v) is 4.68. The second kappa shape index (κ2) is 13.2. The van der Waals surface area contributed by atoms with Gasteiger partial charge in [0.05, 0.1) is 0 Å². The highest BCUT2D eigenvalue weighted by Crippen LogP contribution is 2.21. The fourth-order valence-electron chi connectivity index (χ4n) is 3.55. The summed E-state index contributed by atoms with van der Waals surface area (Å²) in [5, 5.41) is 2.93. The summed E-state index contributed by atoms with van der Waals surface area (Å²) < 4.78 is 0.980. The third-order valence-corrected chi connectivity index (χ3v) is 6.76. The maximum Gasteiger partial charge on any atom is 0.243 e. The fraction of sp³-hybridized carbons (Fsp3) is 0.259. The molecule has 1 atom stereocenters. The van der Waals surface area contributed by atoms with Crippen LogP contribution >= 0.6 is 27.7 Å². The van der Waals surface area contributed by atoms with Crippen LogP contribution in [0.25, 0.3) is 0 Å². The maximum absolute atomic E-state index is 13.5. The molecule has 1 unspecified atom stereocenters. The Balaban J connectivity index is 1.81. The number of nitrogens with zero attached hydrogens (tertiary/aromatic N) is 1. The Hall–Kier alpha value is -2.57. The van der Waals surface area contributed by atoms with Gasteiger partial charge in [0.2, 0.25) is 11.8 Å². The van der Waals surface area contributed by atoms with Gasteiger partial charge < -0.3 is 10.2 Å². The van der Waals surface area contributed by atoms with Gasteiger partial charge in [0.25, 0.3) is 0 Å². The Morgan fingerprint density at radius 1 is 0.909 bits per heavy atom. The van der Waals surface area contributed by atoms with Crippen molar-refractivity contribution in [2.24, 2.45) is 0 Å². The van der Waals surface area contributed by atoms with Crippen LogP contribution in [-0.2, 0) is 22.6 Å². The highest BCUT2D eigenvalue weighted by Gasteiger charge is 2.29. The van der Waals surface area contributed by atoms with Gasteiger partial charge in [-0.2, -0.15) is 0 Å². The lowest BCUT2D eigenvalue weighted by molar-refractivity contribution is -0.140. The molecule has 33 heavy (non-hydrogen) atoms. The van der Waals surface area contributed by atoms with Crippen LogP contribution < -0.4 is 5.32 Å². The van der Waals surface area contributed by atoms with E-state index in [1.807, 2.05) is 91.9 Å². The lowest BCUT2D eigenvalue weighted by Crippen LogP contribution is -2.50. The normalized spacial score (nSPS) is 11.6. The van der Waals surface area contributed by atoms with Crippen LogP contribution in [0, 0.1) is 0 Å². The average molecular weight is 526 g/mol. The highest BCUT2D eigenvalue weighted by molar-refractivity contribution is 9.10. The van der Waals surface area contributed by atoms with Crippen molar-refractivity contribution in [1.29, 1.82) is 0 Å². The third kappa shape index (κ3) is 8.06. The summed E-state index contributed by atoms with van der Waals surface area (Å²) in [4.78, 5) is 29.5. The number of amides is 2. The zero-order chi connectivity index (χ0) is 23.5. The minimum absolute atomic E-state index is 0.0199. The number of nitrogens with one attached hydrogen (secondary N) is 1. The van der Waals surface area contributed by atoms with E-state index < -0.39 is 6.04 Å². The Labute approximate surface area is 208 Å². The number of hydrogen-bond acceptors (Lipinski definition) is 3. The molecule has 3 aromatic carbocycles. The number of carbonyl (C=O) groups is 2. The molecule has 3 rings (SSSR count). The van der Waals surface area contributed by atoms with Gasteiger partial charge in [0.1, 0.15) is 6.04 Å². The molecule has 0 fully saturated rings. The van der Waals surface area contributed by atoms with E-state index in [1.54, 1.807) is 16.7 Å². The van der Waals surface area contributed by atoms with Crippen LogP contribution in [0.2, 0.25) is 0 Å². The van der Waals surface area contributed by atoms with Gasteiger partial charge in [-0.05, 0) is 42.3 Å². The molecule has 1 N–H and O–H groups in total. The van der Waals surface area contributed by atoms with E-state index in [-0.39, 0.29) is 11.8 Å². The molecule has 2 amide bonds. The van der Waals surface area contributed by atoms with Gasteiger partial charge in [-0.3, -0.25) is 9.59 Å². The summed E-state index contributed by atoms with van der Waals surface area (Å²) in [6, 6.07) is 27.2. The number of benzene rings is 3. The first kappa shape index (κ1) is 25.1. The Bertz CT molecular complexity index is 1010. The summed E-state index contributed by atoms with van der Waals surface area (Å²) in [5.41, 5.74) is 2.02. The standard InChI is InChI=1S/C27H29BrN2O2S/c1-2-29-27(32)25(19-21-9-5-3-6-10-21)30(20-22-13-15-23(28)16-14-22)26(31)17-18-33-24-11-7-4-8-12-24/h3-16,25H,2,17-20H2,1H3,(H,29,32). The van der Waals surface area contributed by atoms with E-state index in [2.05, 4.69) is 21.2 Å². The zero-order valence-corrected chi connectivity index (χ0v) is 21.1. The molecule has 0 aliphatic carbocycles. The van der Waals surface area contributed by atoms with Gasteiger partial charge >= 0.3 is 0 Å². The van der Waals surface area contributed by atoms with Crippen molar-refractivity contribution in [3.8, 4) is 0 Å². The largest absolute Gasteiger partial charge is 0.355 e. The number of likely N-dealkylation sites (N-methyl/N-ethyl adjacent to an activating group) is 1. The van der Waals surface area contributed by atoms with Gasteiger partial charge in [0, 0.05) is 41.1 Å². The molecule has 0 aliphatic rings. The topological polar surface area (TPSA) is 49.4 Å². The highest BCUT2D eigenvalue weighted by atomic mass is 79.9. The predicted octanol–water partition coefficient (Wildman–Crippen LogP) is 5.71. The molecule has 3 aromatic rings. The Kier molecular flexibility index (Phi) is 10.0. The summed E-state index contributed by atoms with van der Waals surface area (Å²) >= 11 is 5.12. The van der Waals surface area contributed by atoms with Crippen molar-refractivity contribution < 1.29 is 9.59 Å². The lowest BCUT2D eigenvalue weighted by Gasteiger charge is -2.31. The quantitative estimate of drug-likeness (QED) is 0.327. The van der Waals surface area contributed by atoms with Crippen molar-refractivity contribution in [2.45, 2.75) is 37.2 Å². The van der Waals surface area contributed by atoms with E-state index in [1.165, 1.54) is 0 Å². The molecule has 0 saturated heterocycles. The van der Waals surface area contributed by atoms with Crippen molar-refractivity contribution in [2.75, 3.05) is 12.3 Å². The molecule has 0 aliphatic heterocycles. The molecule has 0 aromatic heterocycles. The number of halogens is 1. The summed E-state index contributed by atoms with van der Waals surface area (Å²) in [5.74, 6) is 0.517. The van der Waals surface area contributed by atoms with Gasteiger partial charge in [0.15, 0.2) is 0 Å². The van der Waals surface area contributed by atoms with Gasteiger partial charge in [-0.25, -0.2) is 0 Å². The molecule has 6 heteroatoms. The van der Waals surface area contributed by atoms with Crippen LogP contribution in [0.3, 0.4) is 0 Å². The minimum Gasteiger partial charge on any atom is -0.355 e. The molecule has 0 radical (unpaired) electrons. The van der Waals surface area contributed by atoms with Crippen LogP contribution in [0.1, 0.15) is 24.5 Å². The summed E-state index contributed by atoms with van der Waals surface area (Å²) in [6.45, 7) is 2.81. The van der Waals surface area contributed by atoms with E-state index in [0.29, 0.717) is 31.7 Å². The third-order valence-electron chi connectivity index (χ3n) is 5.22. The number of carbonyl (C=O) groups excluding carboxylic acids is 2. The molecule has 4 nitrogen and oxygen atoms in total. The van der Waals surface area contributed by atoms with Gasteiger partial charge in [-0.15, -0.1) is 11.8 Å². The molecule has 0 bridgehead atoms. The van der Waals surface area contributed by atoms with E-state index >= 15 is 0 Å². The van der Waals surface area contributed by atoms with Crippen LogP contribution in [0.4, 0.5) is 0 Å². The summed E-state index contributed by atoms with van der Waals surface area (Å²) in [6.07, 6.45) is 0.835. The molecule has 0 heterocycles. The van der Waals surface area contributed by atoms with Crippen LogP contribution in [0.15, 0.2) is 94.3 Å². The SMILES string of the molecule is CCNC(=O)C(Cc1ccccc1)N(Cc1ccc(Br)cc1)C(=O)CCSc1ccccc1. The molecule has 0 saturated carbocycles. The monoisotopic (exact) mass is 524 g/mol. The second-order valence-electron chi connectivity index (χ2n) is 7.66. The minimum atomic E-state index is -0.578. The number of rotatable bonds is 11. The first-order chi connectivity index (χ1) is 16.1. The van der Waals surface area contributed by atoms with Crippen molar-refractivity contribution in [1.82, 2.24) is 10.2 Å². The average Bonchev–Trinajstić information content (AvgIpc) is 2.84. The summed E-state index contributed by atoms with van der Waals surface area (Å²) in [7, 11) is 0. The molecular formula is C27H29BrN2O2S. The molecular weight excluding hydrogens is 496 g/mol. The van der Waals surface area contributed by atoms with Crippen LogP contribution in [0.5, 0.6) is 0 Å². The lowest BCUT2D eigenvalue weighted by atomic mass is 10.0. The number of hydrogen-bond donors (Lipinski definition) is 1. The number of thioether (sulfide) groups is 1. The van der Waals surface area contributed by atoms with E-state index in [4.69, 9.17) is 0 Å². The van der Waals surface area contributed by atoms with Crippen LogP contribution in [-0.4, -0.2) is 35.1 Å². The van der Waals surface area contributed by atoms with Crippen molar-refractivity contribution >= 4 is 39.5 Å². The Morgan fingerprint density at radius 2 is 1.55 bits per heavy atom. The van der Waals surface area contributed by atoms with Crippen molar-refractivity contribution in [3.63, 3.8) is 0 Å². The van der Waals surface area contributed by atoms with Crippen molar-refractivity contribution in [3.05, 3.63) is 101 Å². The maximum atomic E-state index is 13.5. The van der Waals surface area contributed by atoms with Gasteiger partial charge in [-0.1, -0.05) is 76.6 Å². The smallest absolute Gasteiger partial charge is 0.243 e. The zero-order valence-electron chi connectivity index (χ0n) is 18.7. The molecule has 0 spiro atoms. The molecule has 172 valence electrons. The Morgan fingerprint density at radius 3 is 2.18 bits per heavy atom. The first-order valence-electron chi connectivity index (χ1n) is 11.1. The predicted molar refractivity (Wildman–Crippen MR) is 139 cm³/mol.